The minimum absolute atomic E-state index is 0.0115. The van der Waals surface area contributed by atoms with Crippen molar-refractivity contribution in [3.05, 3.63) is 62.9 Å². The molecule has 7 nitrogen and oxygen atoms in total. The fourth-order valence-corrected chi connectivity index (χ4v) is 5.88. The summed E-state index contributed by atoms with van der Waals surface area (Å²) in [5.41, 5.74) is 1.45. The van der Waals surface area contributed by atoms with Gasteiger partial charge in [-0.2, -0.15) is 0 Å². The molecule has 2 fully saturated rings. The van der Waals surface area contributed by atoms with Crippen molar-refractivity contribution in [3.63, 3.8) is 0 Å². The minimum atomic E-state index is -3.80. The van der Waals surface area contributed by atoms with E-state index in [0.29, 0.717) is 29.0 Å². The number of hydrogen-bond donors (Lipinski definition) is 1. The molecule has 1 aliphatic carbocycles. The maximum atomic E-state index is 14.9. The van der Waals surface area contributed by atoms with Gasteiger partial charge in [0, 0.05) is 23.2 Å². The van der Waals surface area contributed by atoms with Gasteiger partial charge in [0.25, 0.3) is 5.91 Å². The summed E-state index contributed by atoms with van der Waals surface area (Å²) in [6.07, 6.45) is 3.62. The van der Waals surface area contributed by atoms with Crippen LogP contribution in [0.1, 0.15) is 66.1 Å². The topological polar surface area (TPSA) is 84.9 Å². The number of carbonyl (C=O) groups excluding carboxylic acids is 1. The first-order chi connectivity index (χ1) is 18.1. The van der Waals surface area contributed by atoms with Gasteiger partial charge in [-0.25, -0.2) is 17.5 Å². The molecule has 2 aromatic carbocycles. The van der Waals surface area contributed by atoms with Crippen molar-refractivity contribution in [3.8, 4) is 5.75 Å². The van der Waals surface area contributed by atoms with Crippen LogP contribution in [0.15, 0.2) is 30.3 Å². The van der Waals surface area contributed by atoms with Crippen LogP contribution in [0.3, 0.4) is 0 Å². The van der Waals surface area contributed by atoms with Crippen LogP contribution in [0.4, 0.5) is 4.39 Å². The van der Waals surface area contributed by atoms with Crippen LogP contribution in [0.2, 0.25) is 10.0 Å². The molecule has 38 heavy (non-hydrogen) atoms. The highest BCUT2D eigenvalue weighted by molar-refractivity contribution is 7.90. The molecule has 1 saturated carbocycles. The number of nitrogens with one attached hydrogen (secondary N) is 1. The molecule has 1 atom stereocenters. The molecule has 4 rings (SSSR count). The summed E-state index contributed by atoms with van der Waals surface area (Å²) >= 11 is 12.6. The van der Waals surface area contributed by atoms with Gasteiger partial charge in [0.05, 0.1) is 30.6 Å². The number of nitrogens with zero attached hydrogens (tertiary/aromatic N) is 1. The summed E-state index contributed by atoms with van der Waals surface area (Å²) in [7, 11) is -2.12. The van der Waals surface area contributed by atoms with Crippen molar-refractivity contribution in [2.45, 2.75) is 44.6 Å². The van der Waals surface area contributed by atoms with Crippen molar-refractivity contribution in [1.29, 1.82) is 0 Å². The molecule has 1 unspecified atom stereocenters. The second-order valence-corrected chi connectivity index (χ2v) is 12.8. The molecule has 1 N–H and O–H groups in total. The fraction of sp³-hybridized carbons (Fsp3) is 0.519. The van der Waals surface area contributed by atoms with Gasteiger partial charge < -0.3 is 9.47 Å². The van der Waals surface area contributed by atoms with E-state index in [9.17, 15) is 17.6 Å². The number of sulfonamides is 1. The van der Waals surface area contributed by atoms with Gasteiger partial charge >= 0.3 is 0 Å². The maximum Gasteiger partial charge on any atom is 0.267 e. The zero-order valence-electron chi connectivity index (χ0n) is 21.5. The first kappa shape index (κ1) is 29.1. The Balaban J connectivity index is 1.40. The van der Waals surface area contributed by atoms with E-state index in [4.69, 9.17) is 32.7 Å². The second-order valence-electron chi connectivity index (χ2n) is 9.91. The van der Waals surface area contributed by atoms with Gasteiger partial charge in [0.2, 0.25) is 10.0 Å². The molecule has 2 aromatic rings. The predicted molar refractivity (Wildman–Crippen MR) is 146 cm³/mol. The number of methoxy groups -OCH3 is 1. The van der Waals surface area contributed by atoms with Gasteiger partial charge in [-0.05, 0) is 86.9 Å². The van der Waals surface area contributed by atoms with Crippen LogP contribution in [0, 0.1) is 11.7 Å². The number of carbonyl (C=O) groups is 1. The van der Waals surface area contributed by atoms with Crippen molar-refractivity contribution < 1.29 is 27.1 Å². The molecule has 208 valence electrons. The van der Waals surface area contributed by atoms with E-state index < -0.39 is 21.7 Å². The summed E-state index contributed by atoms with van der Waals surface area (Å²) in [6.45, 7) is 4.00. The molecule has 1 heterocycles. The Morgan fingerprint density at radius 3 is 2.47 bits per heavy atom. The Labute approximate surface area is 233 Å². The Morgan fingerprint density at radius 1 is 1.16 bits per heavy atom. The fourth-order valence-electron chi connectivity index (χ4n) is 4.81. The summed E-state index contributed by atoms with van der Waals surface area (Å²) in [5, 5.41) is 1.21. The number of hydrogen-bond acceptors (Lipinski definition) is 6. The van der Waals surface area contributed by atoms with Crippen LogP contribution in [-0.2, 0) is 14.8 Å². The van der Waals surface area contributed by atoms with Gasteiger partial charge in [-0.15, -0.1) is 0 Å². The molecule has 11 heteroatoms. The summed E-state index contributed by atoms with van der Waals surface area (Å²) < 4.78 is 51.9. The van der Waals surface area contributed by atoms with Crippen LogP contribution < -0.4 is 9.46 Å². The van der Waals surface area contributed by atoms with E-state index in [2.05, 4.69) is 4.90 Å². The number of rotatable bonds is 11. The SMILES string of the molecule is CCS(=O)(=O)NC(=O)c1cc(C2CC2)c(OCC2CCN(C(COC)c3ccc(Cl)cc3Cl)CC2)cc1F. The quantitative estimate of drug-likeness (QED) is 0.370. The first-order valence-corrected chi connectivity index (χ1v) is 15.2. The van der Waals surface area contributed by atoms with E-state index in [1.54, 1.807) is 13.2 Å². The third kappa shape index (κ3) is 7.18. The molecule has 0 radical (unpaired) electrons. The number of halogens is 3. The zero-order valence-corrected chi connectivity index (χ0v) is 23.8. The van der Waals surface area contributed by atoms with Crippen LogP contribution >= 0.6 is 23.2 Å². The van der Waals surface area contributed by atoms with Gasteiger partial charge in [-0.1, -0.05) is 29.3 Å². The van der Waals surface area contributed by atoms with Crippen molar-refractivity contribution >= 4 is 39.1 Å². The number of piperidine rings is 1. The lowest BCUT2D eigenvalue weighted by molar-refractivity contribution is 0.0556. The number of ether oxygens (including phenoxy) is 2. The Hall–Kier alpha value is -1.91. The lowest BCUT2D eigenvalue weighted by Gasteiger charge is -2.37. The van der Waals surface area contributed by atoms with Gasteiger partial charge in [0.15, 0.2) is 0 Å². The lowest BCUT2D eigenvalue weighted by atomic mass is 9.95. The smallest absolute Gasteiger partial charge is 0.267 e. The Kier molecular flexibility index (Phi) is 9.58. The summed E-state index contributed by atoms with van der Waals surface area (Å²) in [5.74, 6) is -1.15. The Morgan fingerprint density at radius 2 is 1.87 bits per heavy atom. The summed E-state index contributed by atoms with van der Waals surface area (Å²) in [6, 6.07) is 8.19. The monoisotopic (exact) mass is 586 g/mol. The minimum Gasteiger partial charge on any atom is -0.493 e. The molecular formula is C27H33Cl2FN2O5S. The first-order valence-electron chi connectivity index (χ1n) is 12.8. The third-order valence-electron chi connectivity index (χ3n) is 7.20. The maximum absolute atomic E-state index is 14.9. The van der Waals surface area contributed by atoms with Gasteiger partial charge in [-0.3, -0.25) is 9.69 Å². The molecule has 1 amide bonds. The molecule has 0 bridgehead atoms. The highest BCUT2D eigenvalue weighted by Crippen LogP contribution is 2.45. The average molecular weight is 588 g/mol. The molecule has 0 aromatic heterocycles. The van der Waals surface area contributed by atoms with Gasteiger partial charge in [0.1, 0.15) is 11.6 Å². The van der Waals surface area contributed by atoms with E-state index >= 15 is 0 Å². The number of amides is 1. The van der Waals surface area contributed by atoms with E-state index in [-0.39, 0.29) is 29.2 Å². The normalized spacial score (nSPS) is 17.8. The van der Waals surface area contributed by atoms with E-state index in [0.717, 1.165) is 49.9 Å². The van der Waals surface area contributed by atoms with Crippen molar-refractivity contribution in [2.75, 3.05) is 39.2 Å². The number of likely N-dealkylation sites (tertiary alicyclic amines) is 1. The molecule has 1 saturated heterocycles. The lowest BCUT2D eigenvalue weighted by Crippen LogP contribution is -2.40. The van der Waals surface area contributed by atoms with Crippen LogP contribution in [0.5, 0.6) is 5.75 Å². The number of benzene rings is 2. The largest absolute Gasteiger partial charge is 0.493 e. The molecule has 1 aliphatic heterocycles. The molecular weight excluding hydrogens is 554 g/mol. The highest BCUT2D eigenvalue weighted by Gasteiger charge is 2.31. The highest BCUT2D eigenvalue weighted by atomic mass is 35.5. The molecule has 2 aliphatic rings. The average Bonchev–Trinajstić information content (AvgIpc) is 3.72. The Bertz CT molecular complexity index is 1260. The zero-order chi connectivity index (χ0) is 27.4. The third-order valence-corrected chi connectivity index (χ3v) is 9.02. The van der Waals surface area contributed by atoms with Crippen LogP contribution in [-0.4, -0.2) is 58.4 Å². The predicted octanol–water partition coefficient (Wildman–Crippen LogP) is 5.57. The molecule has 0 spiro atoms. The van der Waals surface area contributed by atoms with Crippen LogP contribution in [0.25, 0.3) is 0 Å². The second kappa shape index (κ2) is 12.5. The van der Waals surface area contributed by atoms with E-state index in [1.165, 1.54) is 19.1 Å². The summed E-state index contributed by atoms with van der Waals surface area (Å²) in [4.78, 5) is 14.8. The standard InChI is InChI=1S/C27H33Cl2FN2O5S/c1-3-38(34,35)31-27(33)22-13-21(18-4-5-18)26(14-24(22)30)37-15-17-8-10-32(11-9-17)25(16-36-2)20-7-6-19(28)12-23(20)29/h6-7,12-14,17-18,25H,3-5,8-11,15-16H2,1-2H3,(H,31,33). The van der Waals surface area contributed by atoms with Crippen molar-refractivity contribution in [1.82, 2.24) is 9.62 Å². The van der Waals surface area contributed by atoms with E-state index in [1.807, 2.05) is 16.9 Å². The van der Waals surface area contributed by atoms with Crippen molar-refractivity contribution in [2.24, 2.45) is 5.92 Å².